The molecule has 10 atom stereocenters. The Bertz CT molecular complexity index is 1030. The van der Waals surface area contributed by atoms with Crippen molar-refractivity contribution in [3.8, 4) is 0 Å². The number of hydrogen-bond acceptors (Lipinski definition) is 11. The number of fused-ring (bicyclic) bond motifs is 2. The number of hydrogen-bond donors (Lipinski definition) is 3. The third-order valence-electron chi connectivity index (χ3n) is 9.13. The summed E-state index contributed by atoms with van der Waals surface area (Å²) in [6, 6.07) is 0. The molecule has 11 nitrogen and oxygen atoms in total. The van der Waals surface area contributed by atoms with Gasteiger partial charge in [0, 0.05) is 24.7 Å². The van der Waals surface area contributed by atoms with Gasteiger partial charge in [0.05, 0.1) is 25.7 Å². The first-order chi connectivity index (χ1) is 15.9. The molecule has 0 unspecified atom stereocenters. The minimum absolute atomic E-state index is 0.131. The van der Waals surface area contributed by atoms with E-state index >= 15 is 0 Å². The number of ether oxygens (including phenoxy) is 4. The average molecular weight is 480 g/mol. The van der Waals surface area contributed by atoms with Crippen LogP contribution in [0.1, 0.15) is 33.6 Å². The number of carbonyl (C=O) groups excluding carboxylic acids is 4. The van der Waals surface area contributed by atoms with Crippen LogP contribution in [-0.2, 0) is 38.1 Å². The molecule has 5 rings (SSSR count). The van der Waals surface area contributed by atoms with Crippen molar-refractivity contribution in [2.45, 2.75) is 63.6 Å². The number of esters is 3. The summed E-state index contributed by atoms with van der Waals surface area (Å²) >= 11 is 0. The fourth-order valence-electron chi connectivity index (χ4n) is 8.03. The number of carbonyl (C=O) groups is 4. The van der Waals surface area contributed by atoms with Gasteiger partial charge in [-0.3, -0.25) is 9.59 Å². The summed E-state index contributed by atoms with van der Waals surface area (Å²) in [5.41, 5.74) is -4.02. The first-order valence-electron chi connectivity index (χ1n) is 11.3. The minimum Gasteiger partial charge on any atom is -0.504 e. The quantitative estimate of drug-likeness (QED) is 0.347. The van der Waals surface area contributed by atoms with Gasteiger partial charge in [-0.25, -0.2) is 9.59 Å². The number of methoxy groups -OCH3 is 1. The van der Waals surface area contributed by atoms with Crippen LogP contribution in [-0.4, -0.2) is 82.7 Å². The van der Waals surface area contributed by atoms with E-state index in [2.05, 4.69) is 0 Å². The summed E-state index contributed by atoms with van der Waals surface area (Å²) in [5.74, 6) is -6.15. The van der Waals surface area contributed by atoms with Crippen LogP contribution in [0.15, 0.2) is 11.3 Å². The highest BCUT2D eigenvalue weighted by Crippen LogP contribution is 2.72. The van der Waals surface area contributed by atoms with Crippen LogP contribution in [0, 0.1) is 28.6 Å². The fraction of sp³-hybridized carbons (Fsp3) is 0.739. The highest BCUT2D eigenvalue weighted by Gasteiger charge is 2.85. The van der Waals surface area contributed by atoms with Crippen LogP contribution in [0.3, 0.4) is 0 Å². The highest BCUT2D eigenvalue weighted by molar-refractivity contribution is 5.95. The van der Waals surface area contributed by atoms with Crippen molar-refractivity contribution in [3.63, 3.8) is 0 Å². The van der Waals surface area contributed by atoms with Crippen molar-refractivity contribution >= 4 is 23.7 Å². The summed E-state index contributed by atoms with van der Waals surface area (Å²) in [5, 5.41) is 33.3. The summed E-state index contributed by atoms with van der Waals surface area (Å²) in [6.07, 6.45) is -5.85. The van der Waals surface area contributed by atoms with Crippen LogP contribution in [0.2, 0.25) is 0 Å². The zero-order chi connectivity index (χ0) is 25.0. The molecule has 3 aliphatic carbocycles. The molecule has 2 heterocycles. The van der Waals surface area contributed by atoms with Crippen molar-refractivity contribution < 1.29 is 53.4 Å². The lowest BCUT2D eigenvalue weighted by Crippen LogP contribution is -2.79. The third-order valence-corrected chi connectivity index (χ3v) is 9.13. The lowest BCUT2D eigenvalue weighted by molar-refractivity contribution is -0.290. The van der Waals surface area contributed by atoms with E-state index in [4.69, 9.17) is 18.9 Å². The number of Topliss-reactive ketones (excluding diaryl/α,β-unsaturated/α-hetero) is 1. The Morgan fingerprint density at radius 2 is 1.85 bits per heavy atom. The molecule has 34 heavy (non-hydrogen) atoms. The van der Waals surface area contributed by atoms with Crippen molar-refractivity contribution in [3.05, 3.63) is 11.3 Å². The van der Waals surface area contributed by atoms with E-state index in [-0.39, 0.29) is 25.2 Å². The fourth-order valence-corrected chi connectivity index (χ4v) is 8.03. The third kappa shape index (κ3) is 2.42. The van der Waals surface area contributed by atoms with Gasteiger partial charge in [-0.05, 0) is 30.3 Å². The molecule has 1 spiro atoms. The Kier molecular flexibility index (Phi) is 4.80. The smallest absolute Gasteiger partial charge is 0.348 e. The minimum atomic E-state index is -2.18. The Morgan fingerprint density at radius 1 is 1.18 bits per heavy atom. The van der Waals surface area contributed by atoms with Crippen LogP contribution in [0.25, 0.3) is 0 Å². The van der Waals surface area contributed by atoms with Crippen molar-refractivity contribution in [2.75, 3.05) is 13.7 Å². The molecule has 3 N–H and O–H groups in total. The Hall–Kier alpha value is -2.50. The standard InChI is InChI=1S/C23H28O11/c1-8-10-5-12-22-7-32-23(20(30)31-4,17(22)15(19(29)34-12)33-9(2)24)18(28)14(27)16(22)21(10,3)6-11(25)13(8)26/h10,12,14-18,26-28H,5-7H2,1-4H3/t10-,12+,14-,15+,16+,17+,18+,21-,22+,23+/m0/s1. The SMILES string of the molecule is COC(=O)[C@]12OC[C@]34[C@H]([C@H](O)[C@H]1O)[C@@]1(C)CC(=O)C(O)=C(C)[C@@H]1C[C@H]3OC(=O)[C@H](OC(C)=O)[C@@H]24. The van der Waals surface area contributed by atoms with Gasteiger partial charge >= 0.3 is 17.9 Å². The molecule has 0 aromatic carbocycles. The van der Waals surface area contributed by atoms with Gasteiger partial charge in [-0.2, -0.15) is 0 Å². The van der Waals surface area contributed by atoms with E-state index in [1.807, 2.05) is 0 Å². The molecule has 0 radical (unpaired) electrons. The number of aliphatic hydroxyl groups excluding tert-OH is 3. The van der Waals surface area contributed by atoms with E-state index in [1.54, 1.807) is 13.8 Å². The average Bonchev–Trinajstić information content (AvgIpc) is 3.08. The van der Waals surface area contributed by atoms with Gasteiger partial charge in [0.25, 0.3) is 0 Å². The zero-order valence-corrected chi connectivity index (χ0v) is 19.3. The van der Waals surface area contributed by atoms with Crippen LogP contribution < -0.4 is 0 Å². The molecule has 0 amide bonds. The maximum Gasteiger partial charge on any atom is 0.348 e. The maximum absolute atomic E-state index is 13.1. The normalized spacial score (nSPS) is 49.1. The predicted molar refractivity (Wildman–Crippen MR) is 109 cm³/mol. The first-order valence-corrected chi connectivity index (χ1v) is 11.3. The molecular weight excluding hydrogens is 452 g/mol. The molecule has 2 saturated carbocycles. The molecular formula is C23H28O11. The Morgan fingerprint density at radius 3 is 2.47 bits per heavy atom. The second-order valence-electron chi connectivity index (χ2n) is 10.5. The molecule has 2 bridgehead atoms. The predicted octanol–water partition coefficient (Wildman–Crippen LogP) is -0.429. The van der Waals surface area contributed by atoms with Crippen molar-refractivity contribution in [1.29, 1.82) is 0 Å². The Labute approximate surface area is 195 Å². The second-order valence-corrected chi connectivity index (χ2v) is 10.5. The number of aliphatic hydroxyl groups is 3. The second kappa shape index (κ2) is 7.02. The monoisotopic (exact) mass is 480 g/mol. The van der Waals surface area contributed by atoms with Crippen LogP contribution in [0.5, 0.6) is 0 Å². The lowest BCUT2D eigenvalue weighted by atomic mass is 9.38. The summed E-state index contributed by atoms with van der Waals surface area (Å²) in [6.45, 7) is 4.30. The van der Waals surface area contributed by atoms with Gasteiger partial charge in [0.2, 0.25) is 11.7 Å². The maximum atomic E-state index is 13.1. The van der Waals surface area contributed by atoms with Gasteiger partial charge in [-0.15, -0.1) is 0 Å². The zero-order valence-electron chi connectivity index (χ0n) is 19.3. The molecule has 186 valence electrons. The topological polar surface area (TPSA) is 166 Å². The molecule has 5 aliphatic rings. The lowest BCUT2D eigenvalue weighted by Gasteiger charge is -2.67. The van der Waals surface area contributed by atoms with E-state index in [1.165, 1.54) is 0 Å². The molecule has 11 heteroatoms. The summed E-state index contributed by atoms with van der Waals surface area (Å²) in [7, 11) is 1.09. The molecule has 2 saturated heterocycles. The first kappa shape index (κ1) is 23.3. The highest BCUT2D eigenvalue weighted by atomic mass is 16.6. The number of rotatable bonds is 2. The van der Waals surface area contributed by atoms with E-state index < -0.39 is 82.3 Å². The summed E-state index contributed by atoms with van der Waals surface area (Å²) in [4.78, 5) is 50.9. The van der Waals surface area contributed by atoms with Gasteiger partial charge in [0.15, 0.2) is 11.5 Å². The number of allylic oxidation sites excluding steroid dienone is 2. The van der Waals surface area contributed by atoms with Gasteiger partial charge < -0.3 is 34.3 Å². The van der Waals surface area contributed by atoms with Crippen LogP contribution in [0.4, 0.5) is 0 Å². The van der Waals surface area contributed by atoms with E-state index in [0.717, 1.165) is 14.0 Å². The van der Waals surface area contributed by atoms with Crippen LogP contribution >= 0.6 is 0 Å². The largest absolute Gasteiger partial charge is 0.504 e. The molecule has 2 aliphatic heterocycles. The van der Waals surface area contributed by atoms with Gasteiger partial charge in [-0.1, -0.05) is 6.92 Å². The van der Waals surface area contributed by atoms with Crippen molar-refractivity contribution in [2.24, 2.45) is 28.6 Å². The molecule has 0 aromatic heterocycles. The van der Waals surface area contributed by atoms with Crippen molar-refractivity contribution in [1.82, 2.24) is 0 Å². The molecule has 4 fully saturated rings. The number of ketones is 1. The van der Waals surface area contributed by atoms with Gasteiger partial charge in [0.1, 0.15) is 12.2 Å². The summed E-state index contributed by atoms with van der Waals surface area (Å²) < 4.78 is 22.0. The van der Waals surface area contributed by atoms with E-state index in [0.29, 0.717) is 5.57 Å². The van der Waals surface area contributed by atoms with E-state index in [9.17, 15) is 34.5 Å². The Balaban J connectivity index is 1.78. The molecule has 0 aromatic rings.